The van der Waals surface area contributed by atoms with E-state index >= 15 is 0 Å². The number of hydrogen-bond acceptors (Lipinski definition) is 4. The lowest BCUT2D eigenvalue weighted by atomic mass is 10.0. The van der Waals surface area contributed by atoms with Crippen molar-refractivity contribution < 1.29 is 24.2 Å². The van der Waals surface area contributed by atoms with Gasteiger partial charge in [0.15, 0.2) is 6.61 Å². The van der Waals surface area contributed by atoms with Gasteiger partial charge in [-0.2, -0.15) is 0 Å². The van der Waals surface area contributed by atoms with Gasteiger partial charge in [0.25, 0.3) is 5.91 Å². The van der Waals surface area contributed by atoms with E-state index in [1.165, 1.54) is 0 Å². The van der Waals surface area contributed by atoms with Gasteiger partial charge in [0.05, 0.1) is 0 Å². The number of aliphatic carboxylic acids is 1. The molecule has 6 heteroatoms. The second kappa shape index (κ2) is 8.38. The number of carbonyl (C=O) groups is 2. The summed E-state index contributed by atoms with van der Waals surface area (Å²) in [6, 6.07) is 3.44. The Morgan fingerprint density at radius 1 is 1.23 bits per heavy atom. The number of benzene rings is 1. The fourth-order valence-electron chi connectivity index (χ4n) is 2.20. The Hall–Kier alpha value is -2.08. The van der Waals surface area contributed by atoms with Crippen LogP contribution in [0.3, 0.4) is 0 Å². The molecule has 0 spiro atoms. The molecular weight excluding hydrogens is 286 g/mol. The highest BCUT2D eigenvalue weighted by atomic mass is 16.5. The van der Waals surface area contributed by atoms with Crippen LogP contribution in [0.2, 0.25) is 0 Å². The van der Waals surface area contributed by atoms with Crippen molar-refractivity contribution >= 4 is 11.9 Å². The molecule has 0 aromatic heterocycles. The first-order valence-electron chi connectivity index (χ1n) is 7.07. The zero-order valence-electron chi connectivity index (χ0n) is 13.5. The molecule has 1 N–H and O–H groups in total. The number of hydrogen-bond donors (Lipinski definition) is 1. The van der Waals surface area contributed by atoms with E-state index in [2.05, 4.69) is 0 Å². The van der Waals surface area contributed by atoms with E-state index in [1.807, 2.05) is 0 Å². The van der Waals surface area contributed by atoms with E-state index in [0.29, 0.717) is 24.5 Å². The van der Waals surface area contributed by atoms with Crippen LogP contribution >= 0.6 is 0 Å². The van der Waals surface area contributed by atoms with Crippen LogP contribution in [0.5, 0.6) is 5.75 Å². The summed E-state index contributed by atoms with van der Waals surface area (Å²) in [6.07, 6.45) is 0.774. The molecule has 22 heavy (non-hydrogen) atoms. The van der Waals surface area contributed by atoms with Gasteiger partial charge in [-0.15, -0.1) is 0 Å². The molecular formula is C16H23NO5. The van der Waals surface area contributed by atoms with Gasteiger partial charge in [-0.1, -0.05) is 0 Å². The van der Waals surface area contributed by atoms with E-state index in [0.717, 1.165) is 17.5 Å². The largest absolute Gasteiger partial charge is 0.481 e. The second-order valence-electron chi connectivity index (χ2n) is 5.19. The lowest BCUT2D eigenvalue weighted by molar-refractivity contribution is -0.139. The van der Waals surface area contributed by atoms with E-state index in [-0.39, 0.29) is 5.91 Å². The summed E-state index contributed by atoms with van der Waals surface area (Å²) >= 11 is 0. The summed E-state index contributed by atoms with van der Waals surface area (Å²) in [5.74, 6) is -0.593. The molecule has 0 aliphatic heterocycles. The molecule has 0 atom stereocenters. The summed E-state index contributed by atoms with van der Waals surface area (Å²) in [6.45, 7) is 4.42. The van der Waals surface area contributed by atoms with Crippen molar-refractivity contribution in [3.8, 4) is 5.75 Å². The maximum atomic E-state index is 12.4. The van der Waals surface area contributed by atoms with Crippen molar-refractivity contribution in [3.05, 3.63) is 28.8 Å². The molecule has 0 heterocycles. The molecule has 0 saturated heterocycles. The fourth-order valence-corrected chi connectivity index (χ4v) is 2.20. The van der Waals surface area contributed by atoms with Crippen molar-refractivity contribution in [2.24, 2.45) is 0 Å². The zero-order chi connectivity index (χ0) is 16.7. The predicted octanol–water partition coefficient (Wildman–Crippen LogP) is 1.88. The van der Waals surface area contributed by atoms with E-state index in [9.17, 15) is 9.59 Å². The van der Waals surface area contributed by atoms with Crippen LogP contribution in [0, 0.1) is 13.8 Å². The first kappa shape index (κ1) is 18.0. The smallest absolute Gasteiger partial charge is 0.341 e. The van der Waals surface area contributed by atoms with Crippen LogP contribution < -0.4 is 4.74 Å². The zero-order valence-corrected chi connectivity index (χ0v) is 13.5. The number of rotatable bonds is 8. The number of carbonyl (C=O) groups excluding carboxylic acids is 1. The highest BCUT2D eigenvalue weighted by Crippen LogP contribution is 2.25. The number of ether oxygens (including phenoxy) is 2. The Morgan fingerprint density at radius 2 is 1.82 bits per heavy atom. The molecule has 122 valence electrons. The van der Waals surface area contributed by atoms with Gasteiger partial charge >= 0.3 is 5.97 Å². The minimum atomic E-state index is -1.03. The summed E-state index contributed by atoms with van der Waals surface area (Å²) in [7, 11) is 3.38. The lowest BCUT2D eigenvalue weighted by Crippen LogP contribution is -2.28. The average molecular weight is 309 g/mol. The standard InChI is InChI=1S/C16H23NO5/c1-11-8-13(16(20)17(3)6-5-7-21-4)9-12(2)15(11)22-10-14(18)19/h8-9H,5-7,10H2,1-4H3,(H,18,19). The molecule has 0 aliphatic carbocycles. The van der Waals surface area contributed by atoms with Crippen molar-refractivity contribution in [2.75, 3.05) is 33.9 Å². The SMILES string of the molecule is COCCCN(C)C(=O)c1cc(C)c(OCC(=O)O)c(C)c1. The predicted molar refractivity (Wildman–Crippen MR) is 82.5 cm³/mol. The van der Waals surface area contributed by atoms with Gasteiger partial charge < -0.3 is 19.5 Å². The number of amides is 1. The number of carboxylic acid groups (broad SMARTS) is 1. The Labute approximate surface area is 130 Å². The highest BCUT2D eigenvalue weighted by molar-refractivity contribution is 5.94. The number of aryl methyl sites for hydroxylation is 2. The number of methoxy groups -OCH3 is 1. The molecule has 0 bridgehead atoms. The van der Waals surface area contributed by atoms with Crippen LogP contribution in [0.15, 0.2) is 12.1 Å². The number of carboxylic acids is 1. The third-order valence-corrected chi connectivity index (χ3v) is 3.24. The van der Waals surface area contributed by atoms with Crippen molar-refractivity contribution in [1.82, 2.24) is 4.90 Å². The lowest BCUT2D eigenvalue weighted by Gasteiger charge is -2.19. The van der Waals surface area contributed by atoms with Crippen LogP contribution in [0.1, 0.15) is 27.9 Å². The summed E-state index contributed by atoms with van der Waals surface area (Å²) in [5.41, 5.74) is 2.06. The molecule has 6 nitrogen and oxygen atoms in total. The Kier molecular flexibility index (Phi) is 6.85. The molecule has 1 rings (SSSR count). The molecule has 0 saturated carbocycles. The molecule has 1 aromatic rings. The Morgan fingerprint density at radius 3 is 2.32 bits per heavy atom. The van der Waals surface area contributed by atoms with E-state index < -0.39 is 12.6 Å². The topological polar surface area (TPSA) is 76.1 Å². The fraction of sp³-hybridized carbons (Fsp3) is 0.500. The first-order valence-corrected chi connectivity index (χ1v) is 7.07. The van der Waals surface area contributed by atoms with E-state index in [4.69, 9.17) is 14.6 Å². The van der Waals surface area contributed by atoms with Gasteiger partial charge in [-0.25, -0.2) is 4.79 Å². The second-order valence-corrected chi connectivity index (χ2v) is 5.19. The third-order valence-electron chi connectivity index (χ3n) is 3.24. The van der Waals surface area contributed by atoms with Crippen molar-refractivity contribution in [1.29, 1.82) is 0 Å². The molecule has 0 aliphatic rings. The highest BCUT2D eigenvalue weighted by Gasteiger charge is 2.15. The average Bonchev–Trinajstić information content (AvgIpc) is 2.45. The normalized spacial score (nSPS) is 10.4. The van der Waals surface area contributed by atoms with Gasteiger partial charge in [0.2, 0.25) is 0 Å². The Balaban J connectivity index is 2.84. The van der Waals surface area contributed by atoms with Crippen molar-refractivity contribution in [2.45, 2.75) is 20.3 Å². The maximum absolute atomic E-state index is 12.4. The maximum Gasteiger partial charge on any atom is 0.341 e. The minimum Gasteiger partial charge on any atom is -0.481 e. The Bertz CT molecular complexity index is 518. The molecule has 1 aromatic carbocycles. The molecule has 0 radical (unpaired) electrons. The van der Waals surface area contributed by atoms with Gasteiger partial charge in [-0.3, -0.25) is 4.79 Å². The van der Waals surface area contributed by atoms with Crippen LogP contribution in [0.4, 0.5) is 0 Å². The van der Waals surface area contributed by atoms with Crippen LogP contribution in [0.25, 0.3) is 0 Å². The molecule has 1 amide bonds. The van der Waals surface area contributed by atoms with Gasteiger partial charge in [-0.05, 0) is 43.5 Å². The third kappa shape index (κ3) is 5.04. The van der Waals surface area contributed by atoms with Crippen molar-refractivity contribution in [3.63, 3.8) is 0 Å². The minimum absolute atomic E-state index is 0.0768. The molecule has 0 unspecified atom stereocenters. The number of nitrogens with zero attached hydrogens (tertiary/aromatic N) is 1. The van der Waals surface area contributed by atoms with Gasteiger partial charge in [0.1, 0.15) is 5.75 Å². The first-order chi connectivity index (χ1) is 10.4. The monoisotopic (exact) mass is 309 g/mol. The van der Waals surface area contributed by atoms with Crippen LogP contribution in [-0.2, 0) is 9.53 Å². The van der Waals surface area contributed by atoms with Crippen LogP contribution in [-0.4, -0.2) is 55.8 Å². The van der Waals surface area contributed by atoms with E-state index in [1.54, 1.807) is 45.0 Å². The summed E-state index contributed by atoms with van der Waals surface area (Å²) in [4.78, 5) is 24.6. The summed E-state index contributed by atoms with van der Waals surface area (Å²) in [5, 5.41) is 8.68. The summed E-state index contributed by atoms with van der Waals surface area (Å²) < 4.78 is 10.2. The van der Waals surface area contributed by atoms with Gasteiger partial charge in [0, 0.05) is 32.9 Å². The molecule has 0 fully saturated rings. The quantitative estimate of drug-likeness (QED) is 0.742.